The topological polar surface area (TPSA) is 57.2 Å². The summed E-state index contributed by atoms with van der Waals surface area (Å²) in [5.74, 6) is 1.88. The first-order valence-electron chi connectivity index (χ1n) is 24.3. The number of unbranched alkanes of at least 4 members (excludes halogenated alkanes) is 5. The third-order valence-corrected chi connectivity index (χ3v) is 18.9. The lowest BCUT2D eigenvalue weighted by atomic mass is 9.68. The molecule has 0 aliphatic heterocycles. The van der Waals surface area contributed by atoms with E-state index in [4.69, 9.17) is 18.5 Å². The Kier molecular flexibility index (Phi) is 24.4. The Morgan fingerprint density at radius 2 is 1.05 bits per heavy atom. The molecular formula is C52H94NO5P3. The second kappa shape index (κ2) is 26.6. The van der Waals surface area contributed by atoms with Gasteiger partial charge in [0.2, 0.25) is 0 Å². The van der Waals surface area contributed by atoms with Crippen LogP contribution < -0.4 is 14.4 Å². The quantitative estimate of drug-likeness (QED) is 0.0538. The Morgan fingerprint density at radius 1 is 0.557 bits per heavy atom. The van der Waals surface area contributed by atoms with Crippen LogP contribution in [0.4, 0.5) is 5.69 Å². The van der Waals surface area contributed by atoms with Crippen LogP contribution in [0.25, 0.3) is 0 Å². The minimum absolute atomic E-state index is 0.0281. The smallest absolute Gasteiger partial charge is 0.332 e. The monoisotopic (exact) mass is 906 g/mol. The summed E-state index contributed by atoms with van der Waals surface area (Å²) in [5, 5.41) is 0. The van der Waals surface area contributed by atoms with Crippen molar-refractivity contribution in [2.75, 3.05) is 69.1 Å². The maximum atomic E-state index is 14.0. The van der Waals surface area contributed by atoms with Gasteiger partial charge in [0, 0.05) is 24.3 Å². The molecule has 2 aromatic rings. The van der Waals surface area contributed by atoms with Crippen molar-refractivity contribution in [2.45, 2.75) is 185 Å². The van der Waals surface area contributed by atoms with Gasteiger partial charge < -0.3 is 23.4 Å². The number of hydrogen-bond donors (Lipinski definition) is 0. The summed E-state index contributed by atoms with van der Waals surface area (Å²) in [5.41, 5.74) is 4.30. The molecule has 0 fully saturated rings. The molecule has 0 aliphatic rings. The summed E-state index contributed by atoms with van der Waals surface area (Å²) in [6.07, 6.45) is 16.7. The molecule has 9 heteroatoms. The van der Waals surface area contributed by atoms with Crippen LogP contribution in [0, 0.1) is 10.8 Å². The molecule has 0 aromatic heterocycles. The van der Waals surface area contributed by atoms with Crippen molar-refractivity contribution in [2.24, 2.45) is 10.8 Å². The van der Waals surface area contributed by atoms with Gasteiger partial charge in [0.05, 0.1) is 32.6 Å². The first-order chi connectivity index (χ1) is 28.5. The molecule has 61 heavy (non-hydrogen) atoms. The van der Waals surface area contributed by atoms with Crippen molar-refractivity contribution in [1.29, 1.82) is 0 Å². The summed E-state index contributed by atoms with van der Waals surface area (Å²) in [7, 11) is 1.17. The maximum absolute atomic E-state index is 14.0. The predicted octanol–water partition coefficient (Wildman–Crippen LogP) is 16.7. The average Bonchev–Trinajstić information content (AvgIpc) is 3.16. The van der Waals surface area contributed by atoms with Crippen LogP contribution in [0.2, 0.25) is 0 Å². The predicted molar refractivity (Wildman–Crippen MR) is 273 cm³/mol. The van der Waals surface area contributed by atoms with Crippen LogP contribution in [0.3, 0.4) is 0 Å². The molecule has 0 radical (unpaired) electrons. The Balaban J connectivity index is 2.17. The SMILES string of the molecule is CCCCOP(=O)(CCN(CCP(=P)(CCCC)CCCC)c1ccc(OCCCCOc2ccc(C(C)(C)CC(C)(C)C)cc2C(C)(C)CC(C)(C)C)cc1)OCCCC. The van der Waals surface area contributed by atoms with Crippen molar-refractivity contribution in [3.63, 3.8) is 0 Å². The molecule has 0 bridgehead atoms. The highest BCUT2D eigenvalue weighted by molar-refractivity contribution is 7.99. The zero-order chi connectivity index (χ0) is 45.8. The number of hydrogen-bond acceptors (Lipinski definition) is 6. The van der Waals surface area contributed by atoms with Crippen LogP contribution in [-0.4, -0.2) is 64.2 Å². The number of benzene rings is 2. The van der Waals surface area contributed by atoms with Crippen molar-refractivity contribution < 1.29 is 23.1 Å². The van der Waals surface area contributed by atoms with Gasteiger partial charge in [-0.1, -0.05) is 141 Å². The van der Waals surface area contributed by atoms with Crippen molar-refractivity contribution in [3.05, 3.63) is 53.6 Å². The summed E-state index contributed by atoms with van der Waals surface area (Å²) < 4.78 is 38.9. The molecule has 0 N–H and O–H groups in total. The van der Waals surface area contributed by atoms with E-state index < -0.39 is 14.1 Å². The fourth-order valence-corrected chi connectivity index (χ4v) is 14.8. The fourth-order valence-electron chi connectivity index (χ4n) is 8.83. The molecule has 0 unspecified atom stereocenters. The second-order valence-electron chi connectivity index (χ2n) is 21.6. The van der Waals surface area contributed by atoms with E-state index in [1.165, 1.54) is 49.1 Å². The highest BCUT2D eigenvalue weighted by atomic mass is 31.8. The molecular weight excluding hydrogens is 811 g/mol. The van der Waals surface area contributed by atoms with Crippen LogP contribution >= 0.6 is 22.7 Å². The summed E-state index contributed by atoms with van der Waals surface area (Å²) in [6, 6.07) is 15.5. The summed E-state index contributed by atoms with van der Waals surface area (Å²) in [6.45, 7) is 34.8. The van der Waals surface area contributed by atoms with E-state index in [2.05, 4.69) is 153 Å². The minimum atomic E-state index is -3.22. The molecule has 0 spiro atoms. The van der Waals surface area contributed by atoms with E-state index in [9.17, 15) is 4.57 Å². The molecule has 352 valence electrons. The van der Waals surface area contributed by atoms with Crippen LogP contribution in [-0.2, 0) is 24.4 Å². The van der Waals surface area contributed by atoms with Gasteiger partial charge in [0.1, 0.15) is 11.5 Å². The molecule has 0 saturated carbocycles. The zero-order valence-corrected chi connectivity index (χ0v) is 44.8. The average molecular weight is 906 g/mol. The molecule has 0 aliphatic carbocycles. The molecule has 0 atom stereocenters. The lowest BCUT2D eigenvalue weighted by Crippen LogP contribution is -2.30. The number of nitrogens with zero attached hydrogens (tertiary/aromatic N) is 1. The fraction of sp³-hybridized carbons (Fsp3) is 0.769. The maximum Gasteiger partial charge on any atom is 0.332 e. The van der Waals surface area contributed by atoms with E-state index in [-0.39, 0.29) is 21.7 Å². The number of anilines is 1. The molecule has 6 nitrogen and oxygen atoms in total. The molecule has 0 amide bonds. The lowest BCUT2D eigenvalue weighted by Gasteiger charge is -2.37. The van der Waals surface area contributed by atoms with Crippen molar-refractivity contribution in [3.8, 4) is 11.5 Å². The van der Waals surface area contributed by atoms with Crippen molar-refractivity contribution >= 4 is 28.4 Å². The summed E-state index contributed by atoms with van der Waals surface area (Å²) >= 11 is 0. The second-order valence-corrected chi connectivity index (χ2v) is 30.2. The molecule has 2 aromatic carbocycles. The lowest BCUT2D eigenvalue weighted by molar-refractivity contribution is 0.200. The minimum Gasteiger partial charge on any atom is -0.494 e. The standard InChI is InChI=1S/C52H94NO5P3/c1-15-19-35-57-61(54,58-36-20-16-2)40-32-53(31-39-60(59,37-21-17-3)38-22-18-4)45-26-28-46(29-27-45)55-33-23-24-34-56-48-30-25-44(51(11,12)42-49(5,6)7)41-47(48)52(13,14)43-50(8,9)10/h25-30,41,59H,15-24,31-40,42-43H2,1-14H3. The Labute approximate surface area is 379 Å². The largest absolute Gasteiger partial charge is 0.494 e. The zero-order valence-electron chi connectivity index (χ0n) is 42.0. The van der Waals surface area contributed by atoms with Gasteiger partial charge in [0.15, 0.2) is 0 Å². The Morgan fingerprint density at radius 3 is 1.56 bits per heavy atom. The third-order valence-electron chi connectivity index (χ3n) is 11.6. The first kappa shape index (κ1) is 55.9. The summed E-state index contributed by atoms with van der Waals surface area (Å²) in [4.78, 5) is 2.40. The number of rotatable bonds is 32. The molecule has 0 heterocycles. The Hall–Kier alpha value is -1.28. The molecule has 0 saturated heterocycles. The van der Waals surface area contributed by atoms with Gasteiger partial charge in [-0.25, -0.2) is 0 Å². The first-order valence-corrected chi connectivity index (χ1v) is 29.7. The highest BCUT2D eigenvalue weighted by Crippen LogP contribution is 2.53. The van der Waals surface area contributed by atoms with Gasteiger partial charge in [0.25, 0.3) is 0 Å². The van der Waals surface area contributed by atoms with E-state index in [1.807, 2.05) is 0 Å². The van der Waals surface area contributed by atoms with E-state index in [0.29, 0.717) is 39.1 Å². The Bertz CT molecular complexity index is 1580. The third kappa shape index (κ3) is 22.0. The van der Waals surface area contributed by atoms with Crippen molar-refractivity contribution in [1.82, 2.24) is 0 Å². The number of ether oxygens (including phenoxy) is 2. The van der Waals surface area contributed by atoms with Crippen LogP contribution in [0.15, 0.2) is 42.5 Å². The van der Waals surface area contributed by atoms with Gasteiger partial charge in [-0.2, -0.15) is 0 Å². The molecule has 2 rings (SSSR count). The van der Waals surface area contributed by atoms with Gasteiger partial charge in [-0.3, -0.25) is 4.57 Å². The van der Waals surface area contributed by atoms with E-state index in [0.717, 1.165) is 81.3 Å². The van der Waals surface area contributed by atoms with Crippen LogP contribution in [0.5, 0.6) is 11.5 Å². The highest BCUT2D eigenvalue weighted by Gasteiger charge is 2.33. The van der Waals surface area contributed by atoms with E-state index in [1.54, 1.807) is 0 Å². The van der Waals surface area contributed by atoms with Gasteiger partial charge in [-0.15, -0.1) is 8.53 Å². The van der Waals surface area contributed by atoms with Crippen LogP contribution in [0.1, 0.15) is 185 Å². The van der Waals surface area contributed by atoms with Gasteiger partial charge >= 0.3 is 7.60 Å². The van der Waals surface area contributed by atoms with Gasteiger partial charge in [-0.05, 0) is 127 Å². The normalized spacial score (nSPS) is 13.1. The van der Waals surface area contributed by atoms with E-state index >= 15 is 0 Å².